The van der Waals surface area contributed by atoms with Gasteiger partial charge in [-0.2, -0.15) is 0 Å². The SMILES string of the molecule is NNc1c(F)cccc1C(=O)N1CCCN(CCO)CC1. The van der Waals surface area contributed by atoms with Crippen LogP contribution in [-0.4, -0.2) is 60.1 Å². The Labute approximate surface area is 123 Å². The van der Waals surface area contributed by atoms with E-state index in [1.165, 1.54) is 12.1 Å². The van der Waals surface area contributed by atoms with E-state index in [-0.39, 0.29) is 23.8 Å². The lowest BCUT2D eigenvalue weighted by molar-refractivity contribution is 0.0761. The Morgan fingerprint density at radius 2 is 2.14 bits per heavy atom. The molecule has 6 nitrogen and oxygen atoms in total. The largest absolute Gasteiger partial charge is 0.395 e. The number of nitrogens with one attached hydrogen (secondary N) is 1. The van der Waals surface area contributed by atoms with Gasteiger partial charge in [0, 0.05) is 26.2 Å². The molecule has 1 aromatic carbocycles. The van der Waals surface area contributed by atoms with Crippen LogP contribution in [0.15, 0.2) is 18.2 Å². The van der Waals surface area contributed by atoms with Crippen LogP contribution in [0, 0.1) is 5.82 Å². The Balaban J connectivity index is 2.11. The number of rotatable bonds is 4. The predicted octanol–water partition coefficient (Wildman–Crippen LogP) is 0.251. The molecule has 1 heterocycles. The van der Waals surface area contributed by atoms with Crippen LogP contribution >= 0.6 is 0 Å². The molecule has 116 valence electrons. The van der Waals surface area contributed by atoms with Crippen LogP contribution in [0.5, 0.6) is 0 Å². The quantitative estimate of drug-likeness (QED) is 0.548. The summed E-state index contributed by atoms with van der Waals surface area (Å²) in [4.78, 5) is 16.4. The number of hydrogen-bond acceptors (Lipinski definition) is 5. The number of anilines is 1. The summed E-state index contributed by atoms with van der Waals surface area (Å²) in [5, 5.41) is 8.98. The second-order valence-corrected chi connectivity index (χ2v) is 5.02. The monoisotopic (exact) mass is 296 g/mol. The van der Waals surface area contributed by atoms with Crippen LogP contribution in [0.4, 0.5) is 10.1 Å². The van der Waals surface area contributed by atoms with Gasteiger partial charge in [0.15, 0.2) is 0 Å². The lowest BCUT2D eigenvalue weighted by Crippen LogP contribution is -2.36. The van der Waals surface area contributed by atoms with Gasteiger partial charge in [0.2, 0.25) is 0 Å². The third-order valence-electron chi connectivity index (χ3n) is 3.68. The van der Waals surface area contributed by atoms with Crippen molar-refractivity contribution in [3.8, 4) is 0 Å². The molecule has 0 saturated carbocycles. The first-order valence-corrected chi connectivity index (χ1v) is 7.05. The highest BCUT2D eigenvalue weighted by molar-refractivity contribution is 5.99. The van der Waals surface area contributed by atoms with Gasteiger partial charge in [-0.25, -0.2) is 4.39 Å². The molecular formula is C14H21FN4O2. The van der Waals surface area contributed by atoms with Gasteiger partial charge >= 0.3 is 0 Å². The molecule has 2 rings (SSSR count). The number of nitrogens with zero attached hydrogens (tertiary/aromatic N) is 2. The molecule has 0 spiro atoms. The molecular weight excluding hydrogens is 275 g/mol. The number of hydrazine groups is 1. The minimum absolute atomic E-state index is 0.0268. The maximum absolute atomic E-state index is 13.7. The van der Waals surface area contributed by atoms with E-state index in [9.17, 15) is 9.18 Å². The van der Waals surface area contributed by atoms with E-state index >= 15 is 0 Å². The van der Waals surface area contributed by atoms with Crippen LogP contribution in [0.3, 0.4) is 0 Å². The average molecular weight is 296 g/mol. The van der Waals surface area contributed by atoms with E-state index in [1.807, 2.05) is 0 Å². The van der Waals surface area contributed by atoms with Gasteiger partial charge in [0.1, 0.15) is 5.82 Å². The first-order valence-electron chi connectivity index (χ1n) is 7.05. The minimum atomic E-state index is -0.542. The molecule has 1 fully saturated rings. The van der Waals surface area contributed by atoms with Gasteiger partial charge < -0.3 is 15.4 Å². The standard InChI is InChI=1S/C14H21FN4O2/c15-12-4-1-3-11(13(12)17-16)14(21)19-6-2-5-18(7-8-19)9-10-20/h1,3-4,17,20H,2,5-10,16H2. The molecule has 7 heteroatoms. The zero-order valence-corrected chi connectivity index (χ0v) is 11.9. The maximum Gasteiger partial charge on any atom is 0.256 e. The lowest BCUT2D eigenvalue weighted by atomic mass is 10.1. The number of amides is 1. The second-order valence-electron chi connectivity index (χ2n) is 5.02. The normalized spacial score (nSPS) is 16.6. The van der Waals surface area contributed by atoms with Crippen molar-refractivity contribution in [3.63, 3.8) is 0 Å². The number of nitrogen functional groups attached to an aromatic ring is 1. The number of halogens is 1. The molecule has 4 N–H and O–H groups in total. The number of hydrogen-bond donors (Lipinski definition) is 3. The summed E-state index contributed by atoms with van der Waals surface area (Å²) in [6, 6.07) is 4.33. The number of β-amino-alcohol motifs (C(OH)–C–C–N with tert-alkyl or cyclic N) is 1. The summed E-state index contributed by atoms with van der Waals surface area (Å²) in [6.45, 7) is 3.43. The Kier molecular flexibility index (Phi) is 5.49. The maximum atomic E-state index is 13.7. The van der Waals surface area contributed by atoms with E-state index < -0.39 is 5.82 Å². The summed E-state index contributed by atoms with van der Waals surface area (Å²) in [5.74, 6) is 4.54. The van der Waals surface area contributed by atoms with E-state index in [4.69, 9.17) is 10.9 Å². The number of para-hydroxylation sites is 1. The van der Waals surface area contributed by atoms with Crippen LogP contribution < -0.4 is 11.3 Å². The van der Waals surface area contributed by atoms with E-state index in [2.05, 4.69) is 10.3 Å². The number of aliphatic hydroxyl groups is 1. The molecule has 0 aromatic heterocycles. The number of benzene rings is 1. The van der Waals surface area contributed by atoms with Crippen molar-refractivity contribution >= 4 is 11.6 Å². The fourth-order valence-corrected chi connectivity index (χ4v) is 2.56. The summed E-state index contributed by atoms with van der Waals surface area (Å²) >= 11 is 0. The number of carbonyl (C=O) groups is 1. The number of nitrogens with two attached hydrogens (primary N) is 1. The second kappa shape index (κ2) is 7.35. The summed E-state index contributed by atoms with van der Waals surface area (Å²) in [5.41, 5.74) is 2.53. The highest BCUT2D eigenvalue weighted by Gasteiger charge is 2.23. The van der Waals surface area contributed by atoms with Crippen LogP contribution in [0.2, 0.25) is 0 Å². The Morgan fingerprint density at radius 1 is 1.33 bits per heavy atom. The summed E-state index contributed by atoms with van der Waals surface area (Å²) < 4.78 is 13.7. The van der Waals surface area contributed by atoms with Crippen molar-refractivity contribution in [1.29, 1.82) is 0 Å². The highest BCUT2D eigenvalue weighted by Crippen LogP contribution is 2.21. The molecule has 1 amide bonds. The van der Waals surface area contributed by atoms with Gasteiger partial charge in [-0.15, -0.1) is 0 Å². The molecule has 21 heavy (non-hydrogen) atoms. The molecule has 1 aliphatic rings. The van der Waals surface area contributed by atoms with Gasteiger partial charge in [0.05, 0.1) is 17.9 Å². The van der Waals surface area contributed by atoms with Gasteiger partial charge in [-0.3, -0.25) is 15.5 Å². The zero-order chi connectivity index (χ0) is 15.2. The molecule has 0 bridgehead atoms. The smallest absolute Gasteiger partial charge is 0.256 e. The van der Waals surface area contributed by atoms with Crippen LogP contribution in [-0.2, 0) is 0 Å². The van der Waals surface area contributed by atoms with Crippen molar-refractivity contribution in [2.45, 2.75) is 6.42 Å². The van der Waals surface area contributed by atoms with Crippen molar-refractivity contribution < 1.29 is 14.3 Å². The Hall–Kier alpha value is -1.70. The third-order valence-corrected chi connectivity index (χ3v) is 3.68. The van der Waals surface area contributed by atoms with Gasteiger partial charge in [0.25, 0.3) is 5.91 Å². The van der Waals surface area contributed by atoms with E-state index in [0.29, 0.717) is 26.2 Å². The lowest BCUT2D eigenvalue weighted by Gasteiger charge is -2.22. The van der Waals surface area contributed by atoms with Crippen LogP contribution in [0.1, 0.15) is 16.8 Å². The predicted molar refractivity (Wildman–Crippen MR) is 78.3 cm³/mol. The first kappa shape index (κ1) is 15.7. The van der Waals surface area contributed by atoms with Gasteiger partial charge in [-0.05, 0) is 25.1 Å². The van der Waals surface area contributed by atoms with Crippen molar-refractivity contribution in [3.05, 3.63) is 29.6 Å². The molecule has 0 aliphatic carbocycles. The molecule has 0 unspecified atom stereocenters. The van der Waals surface area contributed by atoms with Gasteiger partial charge in [-0.1, -0.05) is 6.07 Å². The first-order chi connectivity index (χ1) is 10.2. The highest BCUT2D eigenvalue weighted by atomic mass is 19.1. The molecule has 1 aliphatic heterocycles. The van der Waals surface area contributed by atoms with E-state index in [1.54, 1.807) is 11.0 Å². The Bertz CT molecular complexity index is 498. The topological polar surface area (TPSA) is 81.8 Å². The summed E-state index contributed by atoms with van der Waals surface area (Å²) in [7, 11) is 0. The fraction of sp³-hybridized carbons (Fsp3) is 0.500. The molecule has 1 saturated heterocycles. The number of aliphatic hydroxyl groups excluding tert-OH is 1. The van der Waals surface area contributed by atoms with Crippen molar-refractivity contribution in [2.75, 3.05) is 44.8 Å². The average Bonchev–Trinajstić information content (AvgIpc) is 2.72. The third kappa shape index (κ3) is 3.69. The minimum Gasteiger partial charge on any atom is -0.395 e. The molecule has 0 atom stereocenters. The van der Waals surface area contributed by atoms with E-state index in [0.717, 1.165) is 13.0 Å². The Morgan fingerprint density at radius 3 is 2.86 bits per heavy atom. The molecule has 1 aromatic rings. The number of carbonyl (C=O) groups excluding carboxylic acids is 1. The molecule has 0 radical (unpaired) electrons. The van der Waals surface area contributed by atoms with Crippen LogP contribution in [0.25, 0.3) is 0 Å². The van der Waals surface area contributed by atoms with Crippen molar-refractivity contribution in [1.82, 2.24) is 9.80 Å². The summed E-state index contributed by atoms with van der Waals surface area (Å²) in [6.07, 6.45) is 0.826. The zero-order valence-electron chi connectivity index (χ0n) is 11.9. The fourth-order valence-electron chi connectivity index (χ4n) is 2.56. The van der Waals surface area contributed by atoms with Crippen molar-refractivity contribution in [2.24, 2.45) is 5.84 Å².